The molecule has 7 nitrogen and oxygen atoms in total. The Balaban J connectivity index is 3.10. The summed E-state index contributed by atoms with van der Waals surface area (Å²) in [7, 11) is 2.92. The number of aliphatic hydroxyl groups is 1. The third-order valence-corrected chi connectivity index (χ3v) is 3.05. The number of hydrogen-bond donors (Lipinski definition) is 3. The number of benzene rings is 1. The van der Waals surface area contributed by atoms with E-state index in [9.17, 15) is 14.7 Å². The van der Waals surface area contributed by atoms with Gasteiger partial charge in [-0.25, -0.2) is 4.79 Å². The molecule has 3 N–H and O–H groups in total. The molecule has 116 valence electrons. The first-order chi connectivity index (χ1) is 9.81. The quantitative estimate of drug-likeness (QED) is 0.709. The van der Waals surface area contributed by atoms with Crippen LogP contribution in [0.1, 0.15) is 22.8 Å². The van der Waals surface area contributed by atoms with Crippen LogP contribution in [0.4, 0.5) is 0 Å². The van der Waals surface area contributed by atoms with Crippen molar-refractivity contribution in [3.63, 3.8) is 0 Å². The summed E-state index contributed by atoms with van der Waals surface area (Å²) in [6.45, 7) is 3.06. The second-order valence-corrected chi connectivity index (χ2v) is 4.54. The first-order valence-electron chi connectivity index (χ1n) is 6.26. The number of ether oxygens (including phenoxy) is 2. The standard InChI is InChI=1S/C14H19NO6/c1-7-10(20-3)5-9(6-11(7)21-4)13(17)15-12(8(2)16)14(18)19/h5-6,8,12,16H,1-4H3,(H,15,17)(H,18,19)/t8-,12+/m1/s1. The summed E-state index contributed by atoms with van der Waals surface area (Å²) < 4.78 is 10.3. The second kappa shape index (κ2) is 6.94. The molecule has 7 heteroatoms. The largest absolute Gasteiger partial charge is 0.496 e. The third-order valence-electron chi connectivity index (χ3n) is 3.05. The van der Waals surface area contributed by atoms with Gasteiger partial charge in [-0.3, -0.25) is 4.79 Å². The number of carbonyl (C=O) groups is 2. The van der Waals surface area contributed by atoms with E-state index < -0.39 is 24.0 Å². The Bertz CT molecular complexity index is 515. The van der Waals surface area contributed by atoms with Crippen molar-refractivity contribution in [3.8, 4) is 11.5 Å². The molecule has 0 aromatic heterocycles. The Morgan fingerprint density at radius 1 is 1.19 bits per heavy atom. The average molecular weight is 297 g/mol. The molecule has 0 bridgehead atoms. The van der Waals surface area contributed by atoms with Crippen LogP contribution in [0, 0.1) is 6.92 Å². The van der Waals surface area contributed by atoms with Gasteiger partial charge in [0.2, 0.25) is 0 Å². The summed E-state index contributed by atoms with van der Waals surface area (Å²) in [5.74, 6) is -1.06. The normalized spacial score (nSPS) is 13.2. The monoisotopic (exact) mass is 297 g/mol. The van der Waals surface area contributed by atoms with Gasteiger partial charge in [0, 0.05) is 11.1 Å². The van der Waals surface area contributed by atoms with E-state index in [-0.39, 0.29) is 5.56 Å². The third kappa shape index (κ3) is 3.85. The molecule has 0 fully saturated rings. The van der Waals surface area contributed by atoms with Gasteiger partial charge in [-0.15, -0.1) is 0 Å². The maximum absolute atomic E-state index is 12.1. The van der Waals surface area contributed by atoms with E-state index in [1.54, 1.807) is 6.92 Å². The fourth-order valence-corrected chi connectivity index (χ4v) is 1.83. The van der Waals surface area contributed by atoms with Gasteiger partial charge < -0.3 is 25.0 Å². The predicted molar refractivity (Wildman–Crippen MR) is 74.9 cm³/mol. The lowest BCUT2D eigenvalue weighted by molar-refractivity contribution is -0.141. The maximum atomic E-state index is 12.1. The van der Waals surface area contributed by atoms with Crippen LogP contribution in [-0.4, -0.2) is 48.5 Å². The molecule has 1 aromatic rings. The number of nitrogens with one attached hydrogen (secondary N) is 1. The molecule has 0 saturated carbocycles. The second-order valence-electron chi connectivity index (χ2n) is 4.54. The SMILES string of the molecule is COc1cc(C(=O)N[C@H](C(=O)O)[C@@H](C)O)cc(OC)c1C. The number of carboxylic acid groups (broad SMARTS) is 1. The number of aliphatic carboxylic acids is 1. The number of rotatable bonds is 6. The number of methoxy groups -OCH3 is 2. The summed E-state index contributed by atoms with van der Waals surface area (Å²) >= 11 is 0. The summed E-state index contributed by atoms with van der Waals surface area (Å²) in [6.07, 6.45) is -1.22. The predicted octanol–water partition coefficient (Wildman–Crippen LogP) is 0.576. The van der Waals surface area contributed by atoms with Crippen molar-refractivity contribution in [2.75, 3.05) is 14.2 Å². The highest BCUT2D eigenvalue weighted by atomic mass is 16.5. The number of hydrogen-bond acceptors (Lipinski definition) is 5. The summed E-state index contributed by atoms with van der Waals surface area (Å²) in [4.78, 5) is 23.1. The summed E-state index contributed by atoms with van der Waals surface area (Å²) in [6, 6.07) is 1.57. The van der Waals surface area contributed by atoms with Crippen LogP contribution in [0.3, 0.4) is 0 Å². The van der Waals surface area contributed by atoms with E-state index >= 15 is 0 Å². The van der Waals surface area contributed by atoms with Gasteiger partial charge in [0.25, 0.3) is 5.91 Å². The zero-order chi connectivity index (χ0) is 16.2. The molecule has 1 rings (SSSR count). The molecule has 21 heavy (non-hydrogen) atoms. The van der Waals surface area contributed by atoms with Gasteiger partial charge in [0.15, 0.2) is 6.04 Å². The Morgan fingerprint density at radius 3 is 2.00 bits per heavy atom. The van der Waals surface area contributed by atoms with Crippen molar-refractivity contribution in [3.05, 3.63) is 23.3 Å². The minimum Gasteiger partial charge on any atom is -0.496 e. The highest BCUT2D eigenvalue weighted by molar-refractivity contribution is 5.97. The molecule has 0 spiro atoms. The molecule has 0 saturated heterocycles. The van der Waals surface area contributed by atoms with E-state index in [2.05, 4.69) is 5.32 Å². The molecular weight excluding hydrogens is 278 g/mol. The van der Waals surface area contributed by atoms with Crippen molar-refractivity contribution < 1.29 is 29.3 Å². The van der Waals surface area contributed by atoms with Crippen LogP contribution < -0.4 is 14.8 Å². The molecule has 1 amide bonds. The van der Waals surface area contributed by atoms with Crippen LogP contribution in [0.15, 0.2) is 12.1 Å². The van der Waals surface area contributed by atoms with Crippen LogP contribution in [0.5, 0.6) is 11.5 Å². The topological polar surface area (TPSA) is 105 Å². The minimum atomic E-state index is -1.39. The van der Waals surface area contributed by atoms with Crippen molar-refractivity contribution in [1.29, 1.82) is 0 Å². The lowest BCUT2D eigenvalue weighted by Crippen LogP contribution is -2.47. The highest BCUT2D eigenvalue weighted by Gasteiger charge is 2.26. The van der Waals surface area contributed by atoms with Gasteiger partial charge in [-0.1, -0.05) is 0 Å². The minimum absolute atomic E-state index is 0.182. The number of amides is 1. The Hall–Kier alpha value is -2.28. The molecule has 2 atom stereocenters. The molecule has 0 unspecified atom stereocenters. The highest BCUT2D eigenvalue weighted by Crippen LogP contribution is 2.29. The Labute approximate surface area is 122 Å². The fourth-order valence-electron chi connectivity index (χ4n) is 1.83. The molecule has 0 aliphatic rings. The van der Waals surface area contributed by atoms with Gasteiger partial charge in [0.05, 0.1) is 20.3 Å². The van der Waals surface area contributed by atoms with E-state index in [4.69, 9.17) is 14.6 Å². The van der Waals surface area contributed by atoms with Gasteiger partial charge in [-0.05, 0) is 26.0 Å². The fraction of sp³-hybridized carbons (Fsp3) is 0.429. The molecule has 1 aromatic carbocycles. The molecular formula is C14H19NO6. The average Bonchev–Trinajstić information content (AvgIpc) is 2.43. The van der Waals surface area contributed by atoms with Crippen LogP contribution in [-0.2, 0) is 4.79 Å². The lowest BCUT2D eigenvalue weighted by atomic mass is 10.1. The maximum Gasteiger partial charge on any atom is 0.328 e. The van der Waals surface area contributed by atoms with E-state index in [0.29, 0.717) is 11.5 Å². The van der Waals surface area contributed by atoms with Gasteiger partial charge in [0.1, 0.15) is 11.5 Å². The van der Waals surface area contributed by atoms with Crippen molar-refractivity contribution in [2.24, 2.45) is 0 Å². The summed E-state index contributed by atoms with van der Waals surface area (Å²) in [5.41, 5.74) is 0.906. The number of carboxylic acids is 1. The molecule has 0 radical (unpaired) electrons. The first kappa shape index (κ1) is 16.8. The van der Waals surface area contributed by atoms with Crippen molar-refractivity contribution in [1.82, 2.24) is 5.32 Å². The molecule has 0 heterocycles. The Kier molecular flexibility index (Phi) is 5.54. The van der Waals surface area contributed by atoms with Crippen molar-refractivity contribution >= 4 is 11.9 Å². The van der Waals surface area contributed by atoms with Gasteiger partial charge in [-0.2, -0.15) is 0 Å². The van der Waals surface area contributed by atoms with Crippen molar-refractivity contribution in [2.45, 2.75) is 26.0 Å². The van der Waals surface area contributed by atoms with Crippen LogP contribution >= 0.6 is 0 Å². The number of aliphatic hydroxyl groups excluding tert-OH is 1. The smallest absolute Gasteiger partial charge is 0.328 e. The van der Waals surface area contributed by atoms with Gasteiger partial charge >= 0.3 is 5.97 Å². The summed E-state index contributed by atoms with van der Waals surface area (Å²) in [5, 5.41) is 20.6. The van der Waals surface area contributed by atoms with Crippen LogP contribution in [0.25, 0.3) is 0 Å². The zero-order valence-electron chi connectivity index (χ0n) is 12.3. The first-order valence-corrected chi connectivity index (χ1v) is 6.26. The zero-order valence-corrected chi connectivity index (χ0v) is 12.3. The van der Waals surface area contributed by atoms with E-state index in [1.807, 2.05) is 0 Å². The molecule has 0 aliphatic heterocycles. The number of carbonyl (C=O) groups excluding carboxylic acids is 1. The van der Waals surface area contributed by atoms with Crippen LogP contribution in [0.2, 0.25) is 0 Å². The molecule has 0 aliphatic carbocycles. The Morgan fingerprint density at radius 2 is 1.67 bits per heavy atom. The lowest BCUT2D eigenvalue weighted by Gasteiger charge is -2.18. The van der Waals surface area contributed by atoms with E-state index in [0.717, 1.165) is 5.56 Å². The van der Waals surface area contributed by atoms with E-state index in [1.165, 1.54) is 33.3 Å².